The van der Waals surface area contributed by atoms with E-state index in [1.165, 1.54) is 5.56 Å². The van der Waals surface area contributed by atoms with Gasteiger partial charge in [-0.2, -0.15) is 0 Å². The van der Waals surface area contributed by atoms with Crippen LogP contribution < -0.4 is 10.6 Å². The number of anilines is 2. The second-order valence-electron chi connectivity index (χ2n) is 6.51. The van der Waals surface area contributed by atoms with Crippen LogP contribution in [0.1, 0.15) is 47.2 Å². The van der Waals surface area contributed by atoms with Crippen molar-refractivity contribution < 1.29 is 9.53 Å². The lowest BCUT2D eigenvalue weighted by molar-refractivity contribution is 0.0526. The van der Waals surface area contributed by atoms with E-state index in [9.17, 15) is 4.79 Å². The van der Waals surface area contributed by atoms with E-state index in [1.54, 1.807) is 6.07 Å². The first kappa shape index (κ1) is 18.5. The van der Waals surface area contributed by atoms with E-state index < -0.39 is 0 Å². The number of aryl methyl sites for hydroxylation is 1. The molecule has 1 aromatic heterocycles. The molecule has 1 aliphatic rings. The summed E-state index contributed by atoms with van der Waals surface area (Å²) in [6.07, 6.45) is 2.13. The lowest BCUT2D eigenvalue weighted by Crippen LogP contribution is -2.35. The molecule has 0 spiro atoms. The Hall–Kier alpha value is -2.34. The lowest BCUT2D eigenvalue weighted by Gasteiger charge is -2.35. The lowest BCUT2D eigenvalue weighted by atomic mass is 9.87. The standard InChI is InChI=1S/C19H23ClN4O2/c1-3-26-19(25)13-6-7-15(12(2)9-13)14-5-4-8-24(11-14)16-10-17(20)22-23-18(16)21/h6-7,9-10,14H,3-5,8,11H2,1-2H3,(H2,21,23)/t14-/m0/s1. The van der Waals surface area contributed by atoms with Crippen LogP contribution in [0.5, 0.6) is 0 Å². The number of piperidine rings is 1. The number of rotatable bonds is 4. The largest absolute Gasteiger partial charge is 0.462 e. The number of nitrogens with zero attached hydrogens (tertiary/aromatic N) is 3. The highest BCUT2D eigenvalue weighted by Gasteiger charge is 2.25. The monoisotopic (exact) mass is 374 g/mol. The third kappa shape index (κ3) is 3.90. The summed E-state index contributed by atoms with van der Waals surface area (Å²) < 4.78 is 5.08. The predicted molar refractivity (Wildman–Crippen MR) is 103 cm³/mol. The van der Waals surface area contributed by atoms with Gasteiger partial charge in [-0.25, -0.2) is 4.79 Å². The molecule has 2 N–H and O–H groups in total. The molecule has 0 saturated carbocycles. The van der Waals surface area contributed by atoms with Crippen LogP contribution in [0.3, 0.4) is 0 Å². The summed E-state index contributed by atoms with van der Waals surface area (Å²) in [7, 11) is 0. The molecular formula is C19H23ClN4O2. The van der Waals surface area contributed by atoms with Crippen LogP contribution in [0.4, 0.5) is 11.5 Å². The van der Waals surface area contributed by atoms with Gasteiger partial charge in [0.15, 0.2) is 11.0 Å². The second kappa shape index (κ2) is 7.91. The average molecular weight is 375 g/mol. The van der Waals surface area contributed by atoms with Crippen LogP contribution in [-0.2, 0) is 4.74 Å². The summed E-state index contributed by atoms with van der Waals surface area (Å²) in [5.41, 5.74) is 9.76. The van der Waals surface area contributed by atoms with Gasteiger partial charge in [0, 0.05) is 25.1 Å². The number of hydrogen-bond donors (Lipinski definition) is 1. The minimum atomic E-state index is -0.280. The van der Waals surface area contributed by atoms with Crippen LogP contribution in [0.2, 0.25) is 5.15 Å². The van der Waals surface area contributed by atoms with Crippen molar-refractivity contribution >= 4 is 29.1 Å². The summed E-state index contributed by atoms with van der Waals surface area (Å²) >= 11 is 5.99. The van der Waals surface area contributed by atoms with Crippen LogP contribution in [0.25, 0.3) is 0 Å². The van der Waals surface area contributed by atoms with Crippen LogP contribution >= 0.6 is 11.6 Å². The quantitative estimate of drug-likeness (QED) is 0.824. The Morgan fingerprint density at radius 3 is 2.92 bits per heavy atom. The number of hydrogen-bond acceptors (Lipinski definition) is 6. The number of nitrogens with two attached hydrogens (primary N) is 1. The van der Waals surface area contributed by atoms with E-state index >= 15 is 0 Å². The molecule has 1 aromatic carbocycles. The molecule has 0 aliphatic carbocycles. The molecule has 2 aromatic rings. The number of esters is 1. The molecule has 6 nitrogen and oxygen atoms in total. The first-order valence-electron chi connectivity index (χ1n) is 8.81. The fraction of sp³-hybridized carbons (Fsp3) is 0.421. The van der Waals surface area contributed by atoms with Crippen molar-refractivity contribution in [3.8, 4) is 0 Å². The summed E-state index contributed by atoms with van der Waals surface area (Å²) in [4.78, 5) is 14.1. The molecule has 0 bridgehead atoms. The molecule has 1 saturated heterocycles. The SMILES string of the molecule is CCOC(=O)c1ccc([C@H]2CCCN(c3cc(Cl)nnc3N)C2)c(C)c1. The molecule has 26 heavy (non-hydrogen) atoms. The zero-order valence-electron chi connectivity index (χ0n) is 15.0. The number of halogens is 1. The molecule has 2 heterocycles. The Morgan fingerprint density at radius 1 is 1.38 bits per heavy atom. The van der Waals surface area contributed by atoms with Crippen LogP contribution in [0, 0.1) is 6.92 Å². The topological polar surface area (TPSA) is 81.3 Å². The van der Waals surface area contributed by atoms with Gasteiger partial charge in [0.25, 0.3) is 0 Å². The molecule has 7 heteroatoms. The Labute approximate surface area is 158 Å². The Kier molecular flexibility index (Phi) is 5.61. The molecule has 3 rings (SSSR count). The van der Waals surface area contributed by atoms with Crippen molar-refractivity contribution in [1.82, 2.24) is 10.2 Å². The number of aromatic nitrogens is 2. The molecular weight excluding hydrogens is 352 g/mol. The Balaban J connectivity index is 1.81. The highest BCUT2D eigenvalue weighted by atomic mass is 35.5. The summed E-state index contributed by atoms with van der Waals surface area (Å²) in [6.45, 7) is 5.95. The maximum atomic E-state index is 11.9. The van der Waals surface area contributed by atoms with Crippen molar-refractivity contribution in [3.63, 3.8) is 0 Å². The number of carbonyl (C=O) groups excluding carboxylic acids is 1. The molecule has 138 valence electrons. The second-order valence-corrected chi connectivity index (χ2v) is 6.90. The van der Waals surface area contributed by atoms with Gasteiger partial charge in [0.1, 0.15) is 0 Å². The molecule has 1 atom stereocenters. The molecule has 0 unspecified atom stereocenters. The van der Waals surface area contributed by atoms with Crippen molar-refractivity contribution in [1.29, 1.82) is 0 Å². The third-order valence-corrected chi connectivity index (χ3v) is 4.94. The Bertz CT molecular complexity index is 812. The van der Waals surface area contributed by atoms with Crippen molar-refractivity contribution in [2.45, 2.75) is 32.6 Å². The van der Waals surface area contributed by atoms with Gasteiger partial charge in [-0.1, -0.05) is 17.7 Å². The van der Waals surface area contributed by atoms with Crippen molar-refractivity contribution in [2.75, 3.05) is 30.3 Å². The van der Waals surface area contributed by atoms with Gasteiger partial charge in [0.2, 0.25) is 0 Å². The van der Waals surface area contributed by atoms with E-state index in [0.717, 1.165) is 37.2 Å². The number of benzene rings is 1. The average Bonchev–Trinajstić information content (AvgIpc) is 2.64. The zero-order valence-corrected chi connectivity index (χ0v) is 15.8. The smallest absolute Gasteiger partial charge is 0.338 e. The van der Waals surface area contributed by atoms with E-state index in [0.29, 0.717) is 29.1 Å². The van der Waals surface area contributed by atoms with E-state index in [-0.39, 0.29) is 5.97 Å². The van der Waals surface area contributed by atoms with Gasteiger partial charge in [-0.05, 0) is 49.9 Å². The third-order valence-electron chi connectivity index (χ3n) is 4.75. The maximum absolute atomic E-state index is 11.9. The predicted octanol–water partition coefficient (Wildman–Crippen LogP) is 3.58. The normalized spacial score (nSPS) is 17.2. The molecule has 0 radical (unpaired) electrons. The fourth-order valence-electron chi connectivity index (χ4n) is 3.55. The highest BCUT2D eigenvalue weighted by Crippen LogP contribution is 2.34. The minimum Gasteiger partial charge on any atom is -0.462 e. The highest BCUT2D eigenvalue weighted by molar-refractivity contribution is 6.29. The van der Waals surface area contributed by atoms with Crippen LogP contribution in [0.15, 0.2) is 24.3 Å². The van der Waals surface area contributed by atoms with E-state index in [2.05, 4.69) is 15.1 Å². The first-order valence-corrected chi connectivity index (χ1v) is 9.18. The minimum absolute atomic E-state index is 0.280. The van der Waals surface area contributed by atoms with Gasteiger partial charge < -0.3 is 15.4 Å². The zero-order chi connectivity index (χ0) is 18.7. The summed E-state index contributed by atoms with van der Waals surface area (Å²) in [6, 6.07) is 7.56. The van der Waals surface area contributed by atoms with Gasteiger partial charge in [-0.3, -0.25) is 0 Å². The summed E-state index contributed by atoms with van der Waals surface area (Å²) in [5, 5.41) is 8.05. The fourth-order valence-corrected chi connectivity index (χ4v) is 3.69. The first-order chi connectivity index (χ1) is 12.5. The van der Waals surface area contributed by atoms with Gasteiger partial charge in [-0.15, -0.1) is 10.2 Å². The van der Waals surface area contributed by atoms with Crippen molar-refractivity contribution in [2.24, 2.45) is 0 Å². The number of nitrogen functional groups attached to an aromatic ring is 1. The van der Waals surface area contributed by atoms with Crippen molar-refractivity contribution in [3.05, 3.63) is 46.1 Å². The maximum Gasteiger partial charge on any atom is 0.338 e. The molecule has 1 aliphatic heterocycles. The van der Waals surface area contributed by atoms with Gasteiger partial charge in [0.05, 0.1) is 17.9 Å². The molecule has 0 amide bonds. The number of ether oxygens (including phenoxy) is 1. The van der Waals surface area contributed by atoms with Crippen LogP contribution in [-0.4, -0.2) is 35.9 Å². The number of carbonyl (C=O) groups is 1. The van der Waals surface area contributed by atoms with E-state index in [1.807, 2.05) is 32.0 Å². The van der Waals surface area contributed by atoms with Gasteiger partial charge >= 0.3 is 5.97 Å². The Morgan fingerprint density at radius 2 is 2.19 bits per heavy atom. The summed E-state index contributed by atoms with van der Waals surface area (Å²) in [5.74, 6) is 0.466. The van der Waals surface area contributed by atoms with E-state index in [4.69, 9.17) is 22.1 Å². The molecule has 1 fully saturated rings.